The van der Waals surface area contributed by atoms with Crippen LogP contribution in [0.5, 0.6) is 0 Å². The number of piperazine rings is 1. The van der Waals surface area contributed by atoms with Crippen molar-refractivity contribution in [1.29, 1.82) is 0 Å². The molecule has 0 bridgehead atoms. The fraction of sp³-hybridized carbons (Fsp3) is 0.391. The van der Waals surface area contributed by atoms with Gasteiger partial charge in [0, 0.05) is 61.6 Å². The van der Waals surface area contributed by atoms with E-state index in [1.807, 2.05) is 12.3 Å². The van der Waals surface area contributed by atoms with Gasteiger partial charge in [0.25, 0.3) is 0 Å². The molecular formula is C23H29FN4. The van der Waals surface area contributed by atoms with Crippen LogP contribution in [-0.4, -0.2) is 42.6 Å². The van der Waals surface area contributed by atoms with Crippen molar-refractivity contribution in [1.82, 2.24) is 15.2 Å². The molecule has 0 aliphatic carbocycles. The minimum atomic E-state index is -0.174. The van der Waals surface area contributed by atoms with Gasteiger partial charge in [-0.3, -0.25) is 0 Å². The number of anilines is 1. The number of halogens is 1. The van der Waals surface area contributed by atoms with Gasteiger partial charge in [-0.2, -0.15) is 0 Å². The van der Waals surface area contributed by atoms with E-state index < -0.39 is 0 Å². The molecule has 0 amide bonds. The highest BCUT2D eigenvalue weighted by Crippen LogP contribution is 2.29. The Morgan fingerprint density at radius 2 is 1.93 bits per heavy atom. The monoisotopic (exact) mass is 380 g/mol. The lowest BCUT2D eigenvalue weighted by molar-refractivity contribution is 0.271. The van der Waals surface area contributed by atoms with Crippen LogP contribution in [0.3, 0.4) is 0 Å². The van der Waals surface area contributed by atoms with Gasteiger partial charge in [-0.1, -0.05) is 19.1 Å². The van der Waals surface area contributed by atoms with Gasteiger partial charge in [-0.15, -0.1) is 0 Å². The fourth-order valence-corrected chi connectivity index (χ4v) is 4.14. The molecule has 3 aromatic rings. The van der Waals surface area contributed by atoms with Gasteiger partial charge in [0.05, 0.1) is 0 Å². The Morgan fingerprint density at radius 1 is 1.11 bits per heavy atom. The first-order valence-electron chi connectivity index (χ1n) is 10.2. The van der Waals surface area contributed by atoms with Crippen LogP contribution >= 0.6 is 0 Å². The molecule has 1 saturated heterocycles. The molecule has 2 aromatic carbocycles. The molecule has 1 unspecified atom stereocenters. The van der Waals surface area contributed by atoms with Crippen molar-refractivity contribution in [2.75, 3.05) is 37.6 Å². The number of benzene rings is 2. The largest absolute Gasteiger partial charge is 0.369 e. The Morgan fingerprint density at radius 3 is 2.71 bits per heavy atom. The lowest BCUT2D eigenvalue weighted by Gasteiger charge is -2.37. The maximum atomic E-state index is 14.1. The first-order valence-corrected chi connectivity index (χ1v) is 10.2. The van der Waals surface area contributed by atoms with E-state index in [0.717, 1.165) is 56.0 Å². The second-order valence-electron chi connectivity index (χ2n) is 7.58. The molecular weight excluding hydrogens is 351 g/mol. The van der Waals surface area contributed by atoms with E-state index in [1.54, 1.807) is 12.1 Å². The Bertz CT molecular complexity index is 927. The van der Waals surface area contributed by atoms with E-state index in [4.69, 9.17) is 0 Å². The summed E-state index contributed by atoms with van der Waals surface area (Å²) in [5.41, 5.74) is 4.58. The average Bonchev–Trinajstić information content (AvgIpc) is 3.21. The number of hydrogen-bond acceptors (Lipinski definition) is 3. The highest BCUT2D eigenvalue weighted by molar-refractivity contribution is 5.82. The van der Waals surface area contributed by atoms with Crippen LogP contribution in [0.1, 0.15) is 31.0 Å². The minimum absolute atomic E-state index is 0.0594. The van der Waals surface area contributed by atoms with E-state index in [2.05, 4.69) is 58.2 Å². The number of fused-ring (bicyclic) bond motifs is 1. The van der Waals surface area contributed by atoms with Crippen molar-refractivity contribution >= 4 is 16.6 Å². The Labute approximate surface area is 166 Å². The van der Waals surface area contributed by atoms with Gasteiger partial charge in [0.1, 0.15) is 5.82 Å². The molecule has 0 saturated carbocycles. The standard InChI is InChI=1S/C23H29FN4/c1-3-27-11-13-28(14-12-27)23-8-7-19(24)15-21(23)17(2)26-16-18-5-4-6-22-20(18)9-10-25-22/h4-10,15,17,25-26H,3,11-14,16H2,1-2H3. The lowest BCUT2D eigenvalue weighted by Crippen LogP contribution is -2.46. The molecule has 1 aliphatic heterocycles. The Balaban J connectivity index is 1.51. The van der Waals surface area contributed by atoms with Gasteiger partial charge < -0.3 is 20.1 Å². The summed E-state index contributed by atoms with van der Waals surface area (Å²) < 4.78 is 14.1. The Hall–Kier alpha value is -2.37. The number of H-pyrrole nitrogens is 1. The molecule has 1 atom stereocenters. The summed E-state index contributed by atoms with van der Waals surface area (Å²) in [5, 5.41) is 4.84. The van der Waals surface area contributed by atoms with E-state index in [9.17, 15) is 4.39 Å². The summed E-state index contributed by atoms with van der Waals surface area (Å²) in [6.45, 7) is 10.3. The molecule has 4 nitrogen and oxygen atoms in total. The molecule has 1 aromatic heterocycles. The van der Waals surface area contributed by atoms with Crippen molar-refractivity contribution in [3.63, 3.8) is 0 Å². The van der Waals surface area contributed by atoms with Crippen LogP contribution in [0.25, 0.3) is 10.9 Å². The summed E-state index contributed by atoms with van der Waals surface area (Å²) in [6.07, 6.45) is 1.97. The van der Waals surface area contributed by atoms with Crippen LogP contribution in [0, 0.1) is 5.82 Å². The first kappa shape index (κ1) is 19.0. The maximum Gasteiger partial charge on any atom is 0.123 e. The molecule has 1 aliphatic rings. The van der Waals surface area contributed by atoms with Crippen LogP contribution in [0.4, 0.5) is 10.1 Å². The van der Waals surface area contributed by atoms with Crippen LogP contribution in [-0.2, 0) is 6.54 Å². The van der Waals surface area contributed by atoms with Gasteiger partial charge in [-0.25, -0.2) is 4.39 Å². The molecule has 2 N–H and O–H groups in total. The molecule has 0 radical (unpaired) electrons. The van der Waals surface area contributed by atoms with Crippen LogP contribution in [0.15, 0.2) is 48.7 Å². The highest BCUT2D eigenvalue weighted by atomic mass is 19.1. The molecule has 4 rings (SSSR count). The normalized spacial score (nSPS) is 16.6. The van der Waals surface area contributed by atoms with Crippen molar-refractivity contribution < 1.29 is 4.39 Å². The number of likely N-dealkylation sites (N-methyl/N-ethyl adjacent to an activating group) is 1. The third-order valence-electron chi connectivity index (χ3n) is 5.90. The number of nitrogens with one attached hydrogen (secondary N) is 2. The number of nitrogens with zero attached hydrogens (tertiary/aromatic N) is 2. The van der Waals surface area contributed by atoms with Crippen LogP contribution in [0.2, 0.25) is 0 Å². The molecule has 0 spiro atoms. The maximum absolute atomic E-state index is 14.1. The number of hydrogen-bond donors (Lipinski definition) is 2. The molecule has 1 fully saturated rings. The third-order valence-corrected chi connectivity index (χ3v) is 5.90. The molecule has 28 heavy (non-hydrogen) atoms. The SMILES string of the molecule is CCN1CCN(c2ccc(F)cc2C(C)NCc2cccc3[nH]ccc23)CC1. The number of rotatable bonds is 6. The van der Waals surface area contributed by atoms with Gasteiger partial charge >= 0.3 is 0 Å². The average molecular weight is 381 g/mol. The number of aromatic nitrogens is 1. The summed E-state index contributed by atoms with van der Waals surface area (Å²) >= 11 is 0. The zero-order valence-corrected chi connectivity index (χ0v) is 16.7. The second-order valence-corrected chi connectivity index (χ2v) is 7.58. The fourth-order valence-electron chi connectivity index (χ4n) is 4.14. The summed E-state index contributed by atoms with van der Waals surface area (Å²) in [5.74, 6) is -0.174. The molecule has 5 heteroatoms. The topological polar surface area (TPSA) is 34.3 Å². The van der Waals surface area contributed by atoms with Crippen LogP contribution < -0.4 is 10.2 Å². The summed E-state index contributed by atoms with van der Waals surface area (Å²) in [7, 11) is 0. The van der Waals surface area contributed by atoms with Crippen molar-refractivity contribution in [3.05, 3.63) is 65.6 Å². The second kappa shape index (κ2) is 8.33. The third kappa shape index (κ3) is 3.91. The predicted molar refractivity (Wildman–Crippen MR) is 114 cm³/mol. The van der Waals surface area contributed by atoms with Crippen molar-refractivity contribution in [2.45, 2.75) is 26.4 Å². The van der Waals surface area contributed by atoms with Crippen molar-refractivity contribution in [3.8, 4) is 0 Å². The minimum Gasteiger partial charge on any atom is -0.369 e. The predicted octanol–water partition coefficient (Wildman–Crippen LogP) is 4.30. The van der Waals surface area contributed by atoms with E-state index in [1.165, 1.54) is 10.9 Å². The highest BCUT2D eigenvalue weighted by Gasteiger charge is 2.21. The van der Waals surface area contributed by atoms with E-state index in [-0.39, 0.29) is 11.9 Å². The molecule has 2 heterocycles. The van der Waals surface area contributed by atoms with Crippen molar-refractivity contribution in [2.24, 2.45) is 0 Å². The number of aromatic amines is 1. The van der Waals surface area contributed by atoms with Gasteiger partial charge in [0.15, 0.2) is 0 Å². The summed E-state index contributed by atoms with van der Waals surface area (Å²) in [6, 6.07) is 13.7. The van der Waals surface area contributed by atoms with Gasteiger partial charge in [-0.05, 0) is 54.9 Å². The summed E-state index contributed by atoms with van der Waals surface area (Å²) in [4.78, 5) is 8.11. The van der Waals surface area contributed by atoms with Gasteiger partial charge in [0.2, 0.25) is 0 Å². The quantitative estimate of drug-likeness (QED) is 0.669. The molecule has 148 valence electrons. The zero-order chi connectivity index (χ0) is 19.5. The zero-order valence-electron chi connectivity index (χ0n) is 16.7. The smallest absolute Gasteiger partial charge is 0.123 e. The van der Waals surface area contributed by atoms with E-state index in [0.29, 0.717) is 0 Å². The Kier molecular flexibility index (Phi) is 5.64. The van der Waals surface area contributed by atoms with E-state index >= 15 is 0 Å². The first-order chi connectivity index (χ1) is 13.7. The lowest BCUT2D eigenvalue weighted by atomic mass is 10.0.